The number of hydrogen-bond donors (Lipinski definition) is 2. The number of para-hydroxylation sites is 1. The first-order valence-corrected chi connectivity index (χ1v) is 6.86. The molecule has 0 aliphatic rings. The maximum Gasteiger partial charge on any atom is 0.271 e. The van der Waals surface area contributed by atoms with Gasteiger partial charge in [0.25, 0.3) is 5.91 Å². The predicted molar refractivity (Wildman–Crippen MR) is 80.4 cm³/mol. The number of benzene rings is 1. The zero-order chi connectivity index (χ0) is 15.4. The Balaban J connectivity index is 2.00. The lowest BCUT2D eigenvalue weighted by Crippen LogP contribution is -2.28. The molecular formula is C16H19N3O2. The van der Waals surface area contributed by atoms with E-state index in [4.69, 9.17) is 0 Å². The molecule has 5 nitrogen and oxygen atoms in total. The van der Waals surface area contributed by atoms with E-state index in [1.807, 2.05) is 26.0 Å². The molecule has 0 aliphatic heterocycles. The Morgan fingerprint density at radius 1 is 1.10 bits per heavy atom. The highest BCUT2D eigenvalue weighted by atomic mass is 16.3. The molecule has 0 bridgehead atoms. The topological polar surface area (TPSA) is 75.1 Å². The highest BCUT2D eigenvalue weighted by Crippen LogP contribution is 2.15. The summed E-state index contributed by atoms with van der Waals surface area (Å²) < 4.78 is 0. The number of aryl methyl sites for hydroxylation is 3. The lowest BCUT2D eigenvalue weighted by molar-refractivity contribution is 0.0947. The number of phenolic OH excluding ortho intramolecular Hbond substituents is 1. The third-order valence-corrected chi connectivity index (χ3v) is 3.37. The maximum atomic E-state index is 12.1. The van der Waals surface area contributed by atoms with Crippen molar-refractivity contribution < 1.29 is 9.90 Å². The molecule has 2 rings (SSSR count). The number of hydrogen-bond acceptors (Lipinski definition) is 4. The normalized spacial score (nSPS) is 10.4. The van der Waals surface area contributed by atoms with Crippen LogP contribution in [-0.4, -0.2) is 27.5 Å². The summed E-state index contributed by atoms with van der Waals surface area (Å²) >= 11 is 0. The van der Waals surface area contributed by atoms with Gasteiger partial charge in [0.1, 0.15) is 11.4 Å². The van der Waals surface area contributed by atoms with E-state index in [2.05, 4.69) is 15.3 Å². The Labute approximate surface area is 124 Å². The van der Waals surface area contributed by atoms with Gasteiger partial charge in [-0.1, -0.05) is 18.2 Å². The summed E-state index contributed by atoms with van der Waals surface area (Å²) in [4.78, 5) is 20.7. The third-order valence-electron chi connectivity index (χ3n) is 3.37. The fraction of sp³-hybridized carbons (Fsp3) is 0.312. The van der Waals surface area contributed by atoms with E-state index < -0.39 is 0 Å². The summed E-state index contributed by atoms with van der Waals surface area (Å²) in [5, 5.41) is 12.5. The molecule has 1 aromatic heterocycles. The molecule has 0 saturated heterocycles. The number of phenols is 1. The number of nitrogens with zero attached hydrogens (tertiary/aromatic N) is 2. The first-order chi connectivity index (χ1) is 9.99. The molecule has 0 aliphatic carbocycles. The minimum atomic E-state index is -0.237. The summed E-state index contributed by atoms with van der Waals surface area (Å²) in [5.41, 5.74) is 3.37. The monoisotopic (exact) mass is 285 g/mol. The molecule has 2 N–H and O–H groups in total. The number of rotatable bonds is 4. The van der Waals surface area contributed by atoms with Gasteiger partial charge in [-0.3, -0.25) is 9.78 Å². The predicted octanol–water partition coefficient (Wildman–Crippen LogP) is 2.08. The number of aromatic nitrogens is 2. The average molecular weight is 285 g/mol. The smallest absolute Gasteiger partial charge is 0.271 e. The molecule has 1 amide bonds. The Morgan fingerprint density at radius 3 is 2.48 bits per heavy atom. The standard InChI is InChI=1S/C16H19N3O2/c1-10-11(2)19-15(12(3)18-10)16(21)17-9-8-13-6-4-5-7-14(13)20/h4-7,20H,8-9H2,1-3H3,(H,17,21). The average Bonchev–Trinajstić information content (AvgIpc) is 2.44. The highest BCUT2D eigenvalue weighted by molar-refractivity contribution is 5.93. The van der Waals surface area contributed by atoms with Crippen molar-refractivity contribution in [3.63, 3.8) is 0 Å². The Morgan fingerprint density at radius 2 is 1.76 bits per heavy atom. The quantitative estimate of drug-likeness (QED) is 0.902. The summed E-state index contributed by atoms with van der Waals surface area (Å²) in [5.74, 6) is 0.00687. The van der Waals surface area contributed by atoms with Crippen molar-refractivity contribution in [1.29, 1.82) is 0 Å². The molecule has 110 valence electrons. The summed E-state index contributed by atoms with van der Waals surface area (Å²) in [6.07, 6.45) is 0.565. The molecule has 5 heteroatoms. The van der Waals surface area contributed by atoms with Crippen molar-refractivity contribution in [1.82, 2.24) is 15.3 Å². The van der Waals surface area contributed by atoms with E-state index in [0.717, 1.165) is 17.0 Å². The maximum absolute atomic E-state index is 12.1. The van der Waals surface area contributed by atoms with Gasteiger partial charge in [0.2, 0.25) is 0 Å². The molecule has 2 aromatic rings. The Hall–Kier alpha value is -2.43. The van der Waals surface area contributed by atoms with Gasteiger partial charge in [-0.15, -0.1) is 0 Å². The molecule has 0 spiro atoms. The van der Waals surface area contributed by atoms with Crippen molar-refractivity contribution in [2.24, 2.45) is 0 Å². The number of carbonyl (C=O) groups is 1. The SMILES string of the molecule is Cc1nc(C)c(C(=O)NCCc2ccccc2O)nc1C. The molecule has 1 aromatic carbocycles. The van der Waals surface area contributed by atoms with Crippen LogP contribution in [0.2, 0.25) is 0 Å². The van der Waals surface area contributed by atoms with Crippen LogP contribution in [0.1, 0.15) is 33.1 Å². The molecule has 0 fully saturated rings. The van der Waals surface area contributed by atoms with Gasteiger partial charge in [-0.25, -0.2) is 4.98 Å². The second-order valence-corrected chi connectivity index (χ2v) is 4.96. The number of nitrogens with one attached hydrogen (secondary N) is 1. The van der Waals surface area contributed by atoms with Crippen LogP contribution >= 0.6 is 0 Å². The largest absolute Gasteiger partial charge is 0.508 e. The van der Waals surface area contributed by atoms with E-state index in [1.54, 1.807) is 19.1 Å². The van der Waals surface area contributed by atoms with Crippen LogP contribution in [-0.2, 0) is 6.42 Å². The van der Waals surface area contributed by atoms with Crippen LogP contribution in [0, 0.1) is 20.8 Å². The number of amides is 1. The van der Waals surface area contributed by atoms with Crippen molar-refractivity contribution in [2.75, 3.05) is 6.54 Å². The summed E-state index contributed by atoms with van der Waals surface area (Å²) in [6.45, 7) is 5.91. The molecule has 0 radical (unpaired) electrons. The fourth-order valence-electron chi connectivity index (χ4n) is 2.05. The van der Waals surface area contributed by atoms with Crippen LogP contribution in [0.3, 0.4) is 0 Å². The lowest BCUT2D eigenvalue weighted by atomic mass is 10.1. The van der Waals surface area contributed by atoms with Gasteiger partial charge in [-0.2, -0.15) is 0 Å². The molecular weight excluding hydrogens is 266 g/mol. The van der Waals surface area contributed by atoms with Crippen LogP contribution in [0.25, 0.3) is 0 Å². The highest BCUT2D eigenvalue weighted by Gasteiger charge is 2.13. The molecule has 0 unspecified atom stereocenters. The van der Waals surface area contributed by atoms with Crippen molar-refractivity contribution in [3.8, 4) is 5.75 Å². The summed E-state index contributed by atoms with van der Waals surface area (Å²) in [6, 6.07) is 7.10. The van der Waals surface area contributed by atoms with Crippen molar-refractivity contribution in [3.05, 3.63) is 52.6 Å². The fourth-order valence-corrected chi connectivity index (χ4v) is 2.05. The Kier molecular flexibility index (Phi) is 4.52. The van der Waals surface area contributed by atoms with Crippen LogP contribution in [0.5, 0.6) is 5.75 Å². The van der Waals surface area contributed by atoms with Gasteiger partial charge in [0, 0.05) is 6.54 Å². The zero-order valence-corrected chi connectivity index (χ0v) is 12.5. The molecule has 0 saturated carbocycles. The molecule has 21 heavy (non-hydrogen) atoms. The number of aromatic hydroxyl groups is 1. The van der Waals surface area contributed by atoms with E-state index >= 15 is 0 Å². The van der Waals surface area contributed by atoms with Gasteiger partial charge in [0.15, 0.2) is 0 Å². The van der Waals surface area contributed by atoms with Crippen molar-refractivity contribution >= 4 is 5.91 Å². The minimum Gasteiger partial charge on any atom is -0.508 e. The van der Waals surface area contributed by atoms with Gasteiger partial charge >= 0.3 is 0 Å². The molecule has 0 atom stereocenters. The first kappa shape index (κ1) is 15.0. The van der Waals surface area contributed by atoms with E-state index in [9.17, 15) is 9.90 Å². The van der Waals surface area contributed by atoms with Crippen molar-refractivity contribution in [2.45, 2.75) is 27.2 Å². The third kappa shape index (κ3) is 3.56. The summed E-state index contributed by atoms with van der Waals surface area (Å²) in [7, 11) is 0. The van der Waals surface area contributed by atoms with Crippen LogP contribution < -0.4 is 5.32 Å². The van der Waals surface area contributed by atoms with E-state index in [-0.39, 0.29) is 11.7 Å². The van der Waals surface area contributed by atoms with Crippen LogP contribution in [0.4, 0.5) is 0 Å². The van der Waals surface area contributed by atoms with E-state index in [1.165, 1.54) is 0 Å². The second kappa shape index (κ2) is 6.35. The lowest BCUT2D eigenvalue weighted by Gasteiger charge is -2.09. The van der Waals surface area contributed by atoms with Gasteiger partial charge in [-0.05, 0) is 38.8 Å². The minimum absolute atomic E-state index is 0.237. The van der Waals surface area contributed by atoms with Gasteiger partial charge in [0.05, 0.1) is 17.1 Å². The van der Waals surface area contributed by atoms with Gasteiger partial charge < -0.3 is 10.4 Å². The Bertz CT molecular complexity index is 669. The van der Waals surface area contributed by atoms with E-state index in [0.29, 0.717) is 24.4 Å². The molecule has 1 heterocycles. The van der Waals surface area contributed by atoms with Crippen LogP contribution in [0.15, 0.2) is 24.3 Å². The zero-order valence-electron chi connectivity index (χ0n) is 12.5. The second-order valence-electron chi connectivity index (χ2n) is 4.96. The number of carbonyl (C=O) groups excluding carboxylic acids is 1. The first-order valence-electron chi connectivity index (χ1n) is 6.86.